The normalized spacial score (nSPS) is 15.5. The zero-order chi connectivity index (χ0) is 22.3. The second-order valence-electron chi connectivity index (χ2n) is 7.26. The van der Waals surface area contributed by atoms with Crippen molar-refractivity contribution in [3.63, 3.8) is 0 Å². The first-order chi connectivity index (χ1) is 14.9. The van der Waals surface area contributed by atoms with Crippen LogP contribution in [0.15, 0.2) is 65.6 Å². The highest BCUT2D eigenvalue weighted by Gasteiger charge is 2.34. The van der Waals surface area contributed by atoms with E-state index in [9.17, 15) is 13.2 Å². The SMILES string of the molecule is CCOC(=O)N1CCC(N(CC=Cc2ccccc2)S(=O)(=O)c2ccc(Cl)cc2)CC1. The van der Waals surface area contributed by atoms with Crippen molar-refractivity contribution in [2.24, 2.45) is 0 Å². The van der Waals surface area contributed by atoms with Gasteiger partial charge in [0.1, 0.15) is 0 Å². The zero-order valence-corrected chi connectivity index (χ0v) is 19.1. The number of benzene rings is 2. The number of ether oxygens (including phenoxy) is 1. The lowest BCUT2D eigenvalue weighted by atomic mass is 10.1. The number of nitrogens with zero attached hydrogens (tertiary/aromatic N) is 2. The van der Waals surface area contributed by atoms with Crippen molar-refractivity contribution >= 4 is 33.8 Å². The number of likely N-dealkylation sites (tertiary alicyclic amines) is 1. The molecule has 0 spiro atoms. The highest BCUT2D eigenvalue weighted by molar-refractivity contribution is 7.89. The van der Waals surface area contributed by atoms with Gasteiger partial charge in [0.25, 0.3) is 0 Å². The third kappa shape index (κ3) is 6.09. The lowest BCUT2D eigenvalue weighted by Gasteiger charge is -2.37. The molecule has 6 nitrogen and oxygen atoms in total. The molecule has 0 aromatic heterocycles. The van der Waals surface area contributed by atoms with Gasteiger partial charge in [0, 0.05) is 30.7 Å². The van der Waals surface area contributed by atoms with E-state index in [0.717, 1.165) is 5.56 Å². The van der Waals surface area contributed by atoms with E-state index in [1.807, 2.05) is 42.5 Å². The molecular formula is C23H27ClN2O4S. The van der Waals surface area contributed by atoms with E-state index in [2.05, 4.69) is 0 Å². The van der Waals surface area contributed by atoms with Crippen LogP contribution in [0.5, 0.6) is 0 Å². The molecule has 0 saturated carbocycles. The number of sulfonamides is 1. The number of hydrogen-bond acceptors (Lipinski definition) is 4. The van der Waals surface area contributed by atoms with Crippen molar-refractivity contribution in [1.82, 2.24) is 9.21 Å². The standard InChI is InChI=1S/C23H27ClN2O4S/c1-2-30-23(27)25-17-14-21(15-18-25)26(16-6-9-19-7-4-3-5-8-19)31(28,29)22-12-10-20(24)11-13-22/h3-13,21H,2,14-18H2,1H3. The molecule has 0 bridgehead atoms. The molecule has 1 fully saturated rings. The maximum absolute atomic E-state index is 13.4. The second-order valence-corrected chi connectivity index (χ2v) is 9.59. The molecule has 31 heavy (non-hydrogen) atoms. The van der Waals surface area contributed by atoms with Crippen LogP contribution in [0, 0.1) is 0 Å². The van der Waals surface area contributed by atoms with E-state index in [4.69, 9.17) is 16.3 Å². The van der Waals surface area contributed by atoms with Gasteiger partial charge in [-0.1, -0.05) is 54.1 Å². The fourth-order valence-corrected chi connectivity index (χ4v) is 5.36. The molecule has 1 saturated heterocycles. The summed E-state index contributed by atoms with van der Waals surface area (Å²) in [4.78, 5) is 13.8. The Hall–Kier alpha value is -2.35. The summed E-state index contributed by atoms with van der Waals surface area (Å²) >= 11 is 5.94. The topological polar surface area (TPSA) is 66.9 Å². The summed E-state index contributed by atoms with van der Waals surface area (Å²) in [6.07, 6.45) is 4.52. The number of hydrogen-bond donors (Lipinski definition) is 0. The van der Waals surface area contributed by atoms with Crippen molar-refractivity contribution in [2.45, 2.75) is 30.7 Å². The quantitative estimate of drug-likeness (QED) is 0.600. The van der Waals surface area contributed by atoms with Crippen LogP contribution in [0.2, 0.25) is 5.02 Å². The minimum atomic E-state index is -3.73. The maximum Gasteiger partial charge on any atom is 0.409 e. The van der Waals surface area contributed by atoms with Crippen LogP contribution in [0.3, 0.4) is 0 Å². The van der Waals surface area contributed by atoms with Gasteiger partial charge in [0.2, 0.25) is 10.0 Å². The molecule has 1 heterocycles. The van der Waals surface area contributed by atoms with Crippen LogP contribution < -0.4 is 0 Å². The van der Waals surface area contributed by atoms with Crippen molar-refractivity contribution < 1.29 is 17.9 Å². The lowest BCUT2D eigenvalue weighted by molar-refractivity contribution is 0.0894. The molecule has 0 N–H and O–H groups in total. The van der Waals surface area contributed by atoms with Gasteiger partial charge in [0.05, 0.1) is 11.5 Å². The lowest BCUT2D eigenvalue weighted by Crippen LogP contribution is -2.48. The summed E-state index contributed by atoms with van der Waals surface area (Å²) in [5.41, 5.74) is 1.00. The van der Waals surface area contributed by atoms with Crippen molar-refractivity contribution in [2.75, 3.05) is 26.2 Å². The molecule has 1 amide bonds. The van der Waals surface area contributed by atoms with E-state index in [0.29, 0.717) is 37.6 Å². The van der Waals surface area contributed by atoms with Crippen LogP contribution >= 0.6 is 11.6 Å². The number of carbonyl (C=O) groups excluding carboxylic acids is 1. The monoisotopic (exact) mass is 462 g/mol. The first-order valence-corrected chi connectivity index (χ1v) is 12.1. The van der Waals surface area contributed by atoms with Crippen molar-refractivity contribution in [3.8, 4) is 0 Å². The van der Waals surface area contributed by atoms with E-state index in [1.54, 1.807) is 24.0 Å². The maximum atomic E-state index is 13.4. The van der Waals surface area contributed by atoms with E-state index in [-0.39, 0.29) is 23.6 Å². The summed E-state index contributed by atoms with van der Waals surface area (Å²) < 4.78 is 33.5. The number of carbonyl (C=O) groups is 1. The van der Waals surface area contributed by atoms with E-state index >= 15 is 0 Å². The average molecular weight is 463 g/mol. The Kier molecular flexibility index (Phi) is 8.12. The summed E-state index contributed by atoms with van der Waals surface area (Å²) in [7, 11) is -3.73. The zero-order valence-electron chi connectivity index (χ0n) is 17.5. The summed E-state index contributed by atoms with van der Waals surface area (Å²) in [6, 6.07) is 15.7. The Morgan fingerprint density at radius 2 is 1.77 bits per heavy atom. The molecule has 8 heteroatoms. The smallest absolute Gasteiger partial charge is 0.409 e. The molecule has 2 aromatic rings. The van der Waals surface area contributed by atoms with Crippen molar-refractivity contribution in [1.29, 1.82) is 0 Å². The third-order valence-corrected chi connectivity index (χ3v) is 7.40. The molecule has 2 aromatic carbocycles. The molecule has 3 rings (SSSR count). The molecule has 166 valence electrons. The fourth-order valence-electron chi connectivity index (χ4n) is 3.59. The predicted octanol–water partition coefficient (Wildman–Crippen LogP) is 4.67. The number of halogens is 1. The first kappa shape index (κ1) is 23.3. The number of rotatable bonds is 7. The summed E-state index contributed by atoms with van der Waals surface area (Å²) in [5, 5.41) is 0.484. The van der Waals surface area contributed by atoms with Gasteiger partial charge in [-0.3, -0.25) is 0 Å². The van der Waals surface area contributed by atoms with Crippen molar-refractivity contribution in [3.05, 3.63) is 71.3 Å². The van der Waals surface area contributed by atoms with Gasteiger partial charge in [0.15, 0.2) is 0 Å². The Bertz CT molecular complexity index is 986. The van der Waals surface area contributed by atoms with Gasteiger partial charge in [-0.2, -0.15) is 4.31 Å². The Labute approximate surface area is 189 Å². The minimum Gasteiger partial charge on any atom is -0.450 e. The molecule has 1 aliphatic heterocycles. The molecule has 0 atom stereocenters. The van der Waals surface area contributed by atoms with Crippen LogP contribution in [0.25, 0.3) is 6.08 Å². The fraction of sp³-hybridized carbons (Fsp3) is 0.348. The van der Waals surface area contributed by atoms with Crippen LogP contribution in [0.4, 0.5) is 4.79 Å². The van der Waals surface area contributed by atoms with Gasteiger partial charge < -0.3 is 9.64 Å². The average Bonchev–Trinajstić information content (AvgIpc) is 2.78. The largest absolute Gasteiger partial charge is 0.450 e. The van der Waals surface area contributed by atoms with Crippen LogP contribution in [-0.4, -0.2) is 56.0 Å². The van der Waals surface area contributed by atoms with E-state index < -0.39 is 10.0 Å². The number of piperidine rings is 1. The van der Waals surface area contributed by atoms with Crippen LogP contribution in [0.1, 0.15) is 25.3 Å². The van der Waals surface area contributed by atoms with Gasteiger partial charge in [-0.05, 0) is 49.6 Å². The highest BCUT2D eigenvalue weighted by atomic mass is 35.5. The molecule has 0 radical (unpaired) electrons. The second kappa shape index (κ2) is 10.8. The summed E-state index contributed by atoms with van der Waals surface area (Å²) in [6.45, 7) is 3.24. The first-order valence-electron chi connectivity index (χ1n) is 10.3. The molecular weight excluding hydrogens is 436 g/mol. The molecule has 0 unspecified atom stereocenters. The van der Waals surface area contributed by atoms with Gasteiger partial charge >= 0.3 is 6.09 Å². The third-order valence-electron chi connectivity index (χ3n) is 5.21. The van der Waals surface area contributed by atoms with Crippen LogP contribution in [-0.2, 0) is 14.8 Å². The molecule has 0 aliphatic carbocycles. The van der Waals surface area contributed by atoms with Gasteiger partial charge in [-0.25, -0.2) is 13.2 Å². The minimum absolute atomic E-state index is 0.206. The Balaban J connectivity index is 1.80. The Morgan fingerprint density at radius 1 is 1.13 bits per heavy atom. The van der Waals surface area contributed by atoms with Gasteiger partial charge in [-0.15, -0.1) is 0 Å². The molecule has 1 aliphatic rings. The predicted molar refractivity (Wildman–Crippen MR) is 122 cm³/mol. The summed E-state index contributed by atoms with van der Waals surface area (Å²) in [5.74, 6) is 0. The van der Waals surface area contributed by atoms with E-state index in [1.165, 1.54) is 16.4 Å². The Morgan fingerprint density at radius 3 is 2.39 bits per heavy atom. The highest BCUT2D eigenvalue weighted by Crippen LogP contribution is 2.26. The number of amides is 1.